The normalized spacial score (nSPS) is 20.3. The molecule has 9 heteroatoms. The molecule has 3 unspecified atom stereocenters. The lowest BCUT2D eigenvalue weighted by Crippen LogP contribution is -2.64. The number of rotatable bonds is 8. The standard InChI is InChI=1S/C21H31ClFN3O4/c1-12(2)14(20(29)30)8-18(27)16(24)9-25-10-19(28)26(11-21(25,3)4)17-7-13(23)5-6-15(17)22/h5-7,12,14,16,18,27H,8-11,24H2,1-4H3,(H,29,30). The van der Waals surface area contributed by atoms with Gasteiger partial charge >= 0.3 is 5.97 Å². The van der Waals surface area contributed by atoms with Gasteiger partial charge in [0, 0.05) is 24.7 Å². The number of carboxylic acid groups (broad SMARTS) is 1. The van der Waals surface area contributed by atoms with E-state index in [1.165, 1.54) is 23.1 Å². The van der Waals surface area contributed by atoms with E-state index in [4.69, 9.17) is 17.3 Å². The van der Waals surface area contributed by atoms with Gasteiger partial charge < -0.3 is 20.8 Å². The molecule has 0 spiro atoms. The Morgan fingerprint density at radius 2 is 2.00 bits per heavy atom. The fourth-order valence-corrected chi connectivity index (χ4v) is 3.95. The molecule has 1 amide bonds. The number of aliphatic hydroxyl groups excluding tert-OH is 1. The van der Waals surface area contributed by atoms with Crippen LogP contribution in [0.25, 0.3) is 0 Å². The summed E-state index contributed by atoms with van der Waals surface area (Å²) >= 11 is 6.17. The van der Waals surface area contributed by atoms with E-state index in [0.29, 0.717) is 5.69 Å². The summed E-state index contributed by atoms with van der Waals surface area (Å²) in [5.41, 5.74) is 5.97. The van der Waals surface area contributed by atoms with Gasteiger partial charge in [-0.3, -0.25) is 14.5 Å². The predicted molar refractivity (Wildman–Crippen MR) is 114 cm³/mol. The number of hydrogen-bond donors (Lipinski definition) is 3. The number of benzene rings is 1. The van der Waals surface area contributed by atoms with E-state index in [-0.39, 0.29) is 42.9 Å². The lowest BCUT2D eigenvalue weighted by Gasteiger charge is -2.47. The SMILES string of the molecule is CC(C)C(CC(O)C(N)CN1CC(=O)N(c2cc(F)ccc2Cl)CC1(C)C)C(=O)O. The smallest absolute Gasteiger partial charge is 0.306 e. The maximum Gasteiger partial charge on any atom is 0.306 e. The highest BCUT2D eigenvalue weighted by molar-refractivity contribution is 6.33. The van der Waals surface area contributed by atoms with Crippen molar-refractivity contribution in [3.63, 3.8) is 0 Å². The van der Waals surface area contributed by atoms with Crippen LogP contribution in [-0.2, 0) is 9.59 Å². The number of carbonyl (C=O) groups is 2. The van der Waals surface area contributed by atoms with Gasteiger partial charge in [-0.2, -0.15) is 0 Å². The molecule has 1 aromatic carbocycles. The van der Waals surface area contributed by atoms with Crippen LogP contribution >= 0.6 is 11.6 Å². The van der Waals surface area contributed by atoms with Gasteiger partial charge in [0.1, 0.15) is 5.82 Å². The van der Waals surface area contributed by atoms with E-state index in [1.54, 1.807) is 13.8 Å². The van der Waals surface area contributed by atoms with E-state index in [9.17, 15) is 24.2 Å². The Bertz CT molecular complexity index is 790. The van der Waals surface area contributed by atoms with Crippen LogP contribution in [0.2, 0.25) is 5.02 Å². The Labute approximate surface area is 181 Å². The highest BCUT2D eigenvalue weighted by Gasteiger charge is 2.40. The van der Waals surface area contributed by atoms with Crippen molar-refractivity contribution in [2.75, 3.05) is 24.5 Å². The Morgan fingerprint density at radius 3 is 2.57 bits per heavy atom. The van der Waals surface area contributed by atoms with Crippen molar-refractivity contribution in [3.05, 3.63) is 29.0 Å². The topological polar surface area (TPSA) is 107 Å². The van der Waals surface area contributed by atoms with Crippen LogP contribution in [0.1, 0.15) is 34.1 Å². The van der Waals surface area contributed by atoms with Gasteiger partial charge in [0.2, 0.25) is 5.91 Å². The Kier molecular flexibility index (Phi) is 7.85. The monoisotopic (exact) mass is 443 g/mol. The van der Waals surface area contributed by atoms with Gasteiger partial charge in [0.15, 0.2) is 0 Å². The molecule has 1 fully saturated rings. The van der Waals surface area contributed by atoms with Crippen LogP contribution in [0.3, 0.4) is 0 Å². The lowest BCUT2D eigenvalue weighted by atomic mass is 9.87. The minimum absolute atomic E-state index is 0.0206. The zero-order chi connectivity index (χ0) is 22.8. The number of aliphatic carboxylic acids is 1. The van der Waals surface area contributed by atoms with Crippen LogP contribution in [0.15, 0.2) is 18.2 Å². The Hall–Kier alpha value is -1.74. The van der Waals surface area contributed by atoms with Gasteiger partial charge in [0.25, 0.3) is 0 Å². The van der Waals surface area contributed by atoms with Crippen LogP contribution in [0, 0.1) is 17.7 Å². The molecule has 3 atom stereocenters. The number of piperazine rings is 1. The average Bonchev–Trinajstić information content (AvgIpc) is 2.63. The van der Waals surface area contributed by atoms with Crippen molar-refractivity contribution in [1.29, 1.82) is 0 Å². The first-order chi connectivity index (χ1) is 13.8. The number of amides is 1. The summed E-state index contributed by atoms with van der Waals surface area (Å²) in [5.74, 6) is -2.54. The number of carboxylic acids is 1. The third-order valence-corrected chi connectivity index (χ3v) is 6.09. The number of anilines is 1. The minimum Gasteiger partial charge on any atom is -0.481 e. The second-order valence-electron chi connectivity index (χ2n) is 8.92. The number of halogens is 2. The molecule has 0 aliphatic carbocycles. The third-order valence-electron chi connectivity index (χ3n) is 5.77. The molecular formula is C21H31ClFN3O4. The molecule has 2 rings (SSSR count). The molecule has 168 valence electrons. The molecule has 0 aromatic heterocycles. The van der Waals surface area contributed by atoms with E-state index in [0.717, 1.165) is 0 Å². The summed E-state index contributed by atoms with van der Waals surface area (Å²) in [7, 11) is 0. The summed E-state index contributed by atoms with van der Waals surface area (Å²) in [6.45, 7) is 7.93. The third kappa shape index (κ3) is 5.69. The van der Waals surface area contributed by atoms with Crippen LogP contribution in [0.5, 0.6) is 0 Å². The number of nitrogens with two attached hydrogens (primary N) is 1. The number of carbonyl (C=O) groups excluding carboxylic acids is 1. The van der Waals surface area contributed by atoms with Crippen molar-refractivity contribution in [2.45, 2.75) is 51.8 Å². The maximum atomic E-state index is 13.7. The van der Waals surface area contributed by atoms with Gasteiger partial charge in [0.05, 0.1) is 29.3 Å². The van der Waals surface area contributed by atoms with E-state index < -0.39 is 35.4 Å². The summed E-state index contributed by atoms with van der Waals surface area (Å²) in [6, 6.07) is 3.17. The zero-order valence-electron chi connectivity index (χ0n) is 17.8. The average molecular weight is 444 g/mol. The molecule has 0 radical (unpaired) electrons. The molecule has 4 N–H and O–H groups in total. The van der Waals surface area contributed by atoms with Crippen LogP contribution in [-0.4, -0.2) is 64.3 Å². The number of nitrogens with zero attached hydrogens (tertiary/aromatic N) is 2. The fraction of sp³-hybridized carbons (Fsp3) is 0.619. The predicted octanol–water partition coefficient (Wildman–Crippen LogP) is 2.34. The van der Waals surface area contributed by atoms with Gasteiger partial charge in [-0.25, -0.2) is 4.39 Å². The van der Waals surface area contributed by atoms with Gasteiger partial charge in [-0.05, 0) is 44.4 Å². The lowest BCUT2D eigenvalue weighted by molar-refractivity contribution is -0.144. The van der Waals surface area contributed by atoms with Crippen molar-refractivity contribution in [3.8, 4) is 0 Å². The van der Waals surface area contributed by atoms with Crippen molar-refractivity contribution < 1.29 is 24.2 Å². The first kappa shape index (κ1) is 24.5. The molecule has 1 aliphatic heterocycles. The van der Waals surface area contributed by atoms with Crippen molar-refractivity contribution in [2.24, 2.45) is 17.6 Å². The Morgan fingerprint density at radius 1 is 1.37 bits per heavy atom. The molecule has 7 nitrogen and oxygen atoms in total. The summed E-state index contributed by atoms with van der Waals surface area (Å²) in [6.07, 6.45) is -0.975. The molecule has 0 saturated carbocycles. The second kappa shape index (κ2) is 9.60. The highest BCUT2D eigenvalue weighted by atomic mass is 35.5. The van der Waals surface area contributed by atoms with E-state index in [1.807, 2.05) is 18.7 Å². The molecule has 1 aliphatic rings. The first-order valence-electron chi connectivity index (χ1n) is 10.0. The van der Waals surface area contributed by atoms with Crippen LogP contribution in [0.4, 0.5) is 10.1 Å². The van der Waals surface area contributed by atoms with Crippen molar-refractivity contribution >= 4 is 29.2 Å². The Balaban J connectivity index is 2.10. The van der Waals surface area contributed by atoms with Crippen molar-refractivity contribution in [1.82, 2.24) is 4.90 Å². The second-order valence-corrected chi connectivity index (χ2v) is 9.33. The van der Waals surface area contributed by atoms with Gasteiger partial charge in [-0.1, -0.05) is 25.4 Å². The number of aliphatic hydroxyl groups is 1. The fourth-order valence-electron chi connectivity index (χ4n) is 3.73. The maximum absolute atomic E-state index is 13.7. The molecule has 1 aromatic rings. The molecule has 0 bridgehead atoms. The van der Waals surface area contributed by atoms with E-state index in [2.05, 4.69) is 0 Å². The van der Waals surface area contributed by atoms with Crippen LogP contribution < -0.4 is 10.6 Å². The summed E-state index contributed by atoms with van der Waals surface area (Å²) in [4.78, 5) is 27.5. The quantitative estimate of drug-likeness (QED) is 0.569. The van der Waals surface area contributed by atoms with E-state index >= 15 is 0 Å². The largest absolute Gasteiger partial charge is 0.481 e. The summed E-state index contributed by atoms with van der Waals surface area (Å²) < 4.78 is 13.7. The molecular weight excluding hydrogens is 413 g/mol. The minimum atomic E-state index is -1.02. The number of hydrogen-bond acceptors (Lipinski definition) is 5. The highest BCUT2D eigenvalue weighted by Crippen LogP contribution is 2.32. The molecule has 1 heterocycles. The molecule has 30 heavy (non-hydrogen) atoms. The summed E-state index contributed by atoms with van der Waals surface area (Å²) in [5, 5.41) is 20.1. The first-order valence-corrected chi connectivity index (χ1v) is 10.4. The van der Waals surface area contributed by atoms with Gasteiger partial charge in [-0.15, -0.1) is 0 Å². The molecule has 1 saturated heterocycles. The zero-order valence-corrected chi connectivity index (χ0v) is 18.6.